The average Bonchev–Trinajstić information content (AvgIpc) is 2.19. The Bertz CT molecular complexity index is 330. The highest BCUT2D eigenvalue weighted by molar-refractivity contribution is 5.20. The Morgan fingerprint density at radius 2 is 2.36 bits per heavy atom. The second-order valence-corrected chi connectivity index (χ2v) is 3.09. The minimum Gasteiger partial charge on any atom is -0.313 e. The van der Waals surface area contributed by atoms with Crippen LogP contribution in [0, 0.1) is 17.1 Å². The van der Waals surface area contributed by atoms with Gasteiger partial charge in [0.2, 0.25) is 0 Å². The van der Waals surface area contributed by atoms with Gasteiger partial charge in [0.25, 0.3) is 0 Å². The number of halogens is 1. The zero-order chi connectivity index (χ0) is 10.4. The molecule has 0 aromatic heterocycles. The first-order chi connectivity index (χ1) is 6.77. The third-order valence-corrected chi connectivity index (χ3v) is 2.14. The van der Waals surface area contributed by atoms with Crippen molar-refractivity contribution in [1.29, 1.82) is 5.26 Å². The zero-order valence-electron chi connectivity index (χ0n) is 8.13. The molecule has 0 amide bonds. The first kappa shape index (κ1) is 10.7. The van der Waals surface area contributed by atoms with E-state index in [0.29, 0.717) is 12.8 Å². The van der Waals surface area contributed by atoms with Gasteiger partial charge in [0.05, 0.1) is 6.07 Å². The maximum atomic E-state index is 12.9. The molecule has 0 bridgehead atoms. The first-order valence-electron chi connectivity index (χ1n) is 4.57. The van der Waals surface area contributed by atoms with Gasteiger partial charge in [-0.05, 0) is 31.2 Å². The molecule has 0 fully saturated rings. The fourth-order valence-corrected chi connectivity index (χ4v) is 1.41. The van der Waals surface area contributed by atoms with Crippen molar-refractivity contribution in [3.8, 4) is 6.07 Å². The molecule has 0 aliphatic rings. The monoisotopic (exact) mass is 192 g/mol. The molecule has 1 N–H and O–H groups in total. The average molecular weight is 192 g/mol. The van der Waals surface area contributed by atoms with E-state index in [4.69, 9.17) is 5.26 Å². The number of hydrogen-bond donors (Lipinski definition) is 1. The van der Waals surface area contributed by atoms with E-state index in [2.05, 4.69) is 11.4 Å². The van der Waals surface area contributed by atoms with E-state index in [1.54, 1.807) is 6.07 Å². The van der Waals surface area contributed by atoms with E-state index >= 15 is 0 Å². The molecule has 0 saturated carbocycles. The van der Waals surface area contributed by atoms with Crippen LogP contribution in [0.15, 0.2) is 24.3 Å². The lowest BCUT2D eigenvalue weighted by molar-refractivity contribution is 0.549. The Morgan fingerprint density at radius 3 is 2.93 bits per heavy atom. The van der Waals surface area contributed by atoms with E-state index in [1.165, 1.54) is 12.1 Å². The van der Waals surface area contributed by atoms with Gasteiger partial charge < -0.3 is 5.32 Å². The van der Waals surface area contributed by atoms with E-state index < -0.39 is 0 Å². The van der Waals surface area contributed by atoms with Crippen molar-refractivity contribution in [2.75, 3.05) is 7.05 Å². The molecular weight excluding hydrogens is 179 g/mol. The van der Waals surface area contributed by atoms with Crippen LogP contribution in [0.5, 0.6) is 0 Å². The molecule has 0 heterocycles. The van der Waals surface area contributed by atoms with Gasteiger partial charge in [0, 0.05) is 12.5 Å². The summed E-state index contributed by atoms with van der Waals surface area (Å²) in [4.78, 5) is 0. The molecule has 1 unspecified atom stereocenters. The van der Waals surface area contributed by atoms with Crippen LogP contribution in [0.2, 0.25) is 0 Å². The van der Waals surface area contributed by atoms with Crippen molar-refractivity contribution >= 4 is 0 Å². The lowest BCUT2D eigenvalue weighted by Gasteiger charge is -2.14. The van der Waals surface area contributed by atoms with Crippen LogP contribution in [-0.2, 0) is 0 Å². The summed E-state index contributed by atoms with van der Waals surface area (Å²) < 4.78 is 12.9. The summed E-state index contributed by atoms with van der Waals surface area (Å²) in [6.07, 6.45) is 1.18. The molecule has 0 radical (unpaired) electrons. The topological polar surface area (TPSA) is 35.8 Å². The van der Waals surface area contributed by atoms with Crippen molar-refractivity contribution in [1.82, 2.24) is 5.32 Å². The van der Waals surface area contributed by atoms with E-state index in [9.17, 15) is 4.39 Å². The lowest BCUT2D eigenvalue weighted by atomic mass is 10.0. The second kappa shape index (κ2) is 5.36. The predicted octanol–water partition coefficient (Wildman–Crippen LogP) is 2.39. The van der Waals surface area contributed by atoms with Gasteiger partial charge in [-0.25, -0.2) is 4.39 Å². The van der Waals surface area contributed by atoms with Crippen LogP contribution in [-0.4, -0.2) is 7.05 Å². The van der Waals surface area contributed by atoms with Gasteiger partial charge in [0.1, 0.15) is 5.82 Å². The predicted molar refractivity (Wildman–Crippen MR) is 53.0 cm³/mol. The summed E-state index contributed by atoms with van der Waals surface area (Å²) in [5.41, 5.74) is 0.891. The SMILES string of the molecule is CNC(CCC#N)c1cccc(F)c1. The molecular formula is C11H13FN2. The molecule has 1 aromatic rings. The van der Waals surface area contributed by atoms with Gasteiger partial charge in [-0.1, -0.05) is 12.1 Å². The standard InChI is InChI=1S/C11H13FN2/c1-14-11(6-3-7-13)9-4-2-5-10(12)8-9/h2,4-5,8,11,14H,3,6H2,1H3. The molecule has 0 aliphatic heterocycles. The lowest BCUT2D eigenvalue weighted by Crippen LogP contribution is -2.16. The summed E-state index contributed by atoms with van der Waals surface area (Å²) >= 11 is 0. The number of benzene rings is 1. The van der Waals surface area contributed by atoms with Crippen LogP contribution in [0.3, 0.4) is 0 Å². The van der Waals surface area contributed by atoms with E-state index in [1.807, 2.05) is 13.1 Å². The largest absolute Gasteiger partial charge is 0.313 e. The minimum absolute atomic E-state index is 0.0605. The highest BCUT2D eigenvalue weighted by Gasteiger charge is 2.08. The summed E-state index contributed by atoms with van der Waals surface area (Å²) in [6.45, 7) is 0. The molecule has 0 spiro atoms. The molecule has 74 valence electrons. The highest BCUT2D eigenvalue weighted by atomic mass is 19.1. The van der Waals surface area contributed by atoms with Crippen LogP contribution < -0.4 is 5.32 Å². The Labute approximate surface area is 83.4 Å². The van der Waals surface area contributed by atoms with Gasteiger partial charge in [0.15, 0.2) is 0 Å². The number of nitrogens with zero attached hydrogens (tertiary/aromatic N) is 1. The fraction of sp³-hybridized carbons (Fsp3) is 0.364. The Morgan fingerprint density at radius 1 is 1.57 bits per heavy atom. The second-order valence-electron chi connectivity index (χ2n) is 3.09. The third-order valence-electron chi connectivity index (χ3n) is 2.14. The van der Waals surface area contributed by atoms with Gasteiger partial charge >= 0.3 is 0 Å². The Balaban J connectivity index is 2.74. The van der Waals surface area contributed by atoms with Crippen LogP contribution in [0.25, 0.3) is 0 Å². The molecule has 14 heavy (non-hydrogen) atoms. The van der Waals surface area contributed by atoms with E-state index in [0.717, 1.165) is 5.56 Å². The molecule has 3 heteroatoms. The van der Waals surface area contributed by atoms with Gasteiger partial charge in [-0.15, -0.1) is 0 Å². The summed E-state index contributed by atoms with van der Waals surface area (Å²) in [6, 6.07) is 8.60. The van der Waals surface area contributed by atoms with Crippen molar-refractivity contribution in [2.24, 2.45) is 0 Å². The van der Waals surface area contributed by atoms with E-state index in [-0.39, 0.29) is 11.9 Å². The summed E-state index contributed by atoms with van der Waals surface area (Å²) in [7, 11) is 1.81. The Kier molecular flexibility index (Phi) is 4.09. The van der Waals surface area contributed by atoms with Crippen LogP contribution in [0.4, 0.5) is 4.39 Å². The molecule has 1 rings (SSSR count). The van der Waals surface area contributed by atoms with Crippen LogP contribution in [0.1, 0.15) is 24.4 Å². The summed E-state index contributed by atoms with van der Waals surface area (Å²) in [5, 5.41) is 11.5. The van der Waals surface area contributed by atoms with Crippen molar-refractivity contribution in [3.05, 3.63) is 35.6 Å². The molecule has 1 atom stereocenters. The maximum Gasteiger partial charge on any atom is 0.123 e. The first-order valence-corrected chi connectivity index (χ1v) is 4.57. The van der Waals surface area contributed by atoms with Crippen molar-refractivity contribution < 1.29 is 4.39 Å². The zero-order valence-corrected chi connectivity index (χ0v) is 8.13. The quantitative estimate of drug-likeness (QED) is 0.795. The number of rotatable bonds is 4. The van der Waals surface area contributed by atoms with Crippen LogP contribution >= 0.6 is 0 Å². The number of nitriles is 1. The maximum absolute atomic E-state index is 12.9. The molecule has 0 saturated heterocycles. The smallest absolute Gasteiger partial charge is 0.123 e. The number of hydrogen-bond acceptors (Lipinski definition) is 2. The van der Waals surface area contributed by atoms with Gasteiger partial charge in [-0.3, -0.25) is 0 Å². The summed E-state index contributed by atoms with van der Waals surface area (Å²) in [5.74, 6) is -0.236. The normalized spacial score (nSPS) is 12.1. The highest BCUT2D eigenvalue weighted by Crippen LogP contribution is 2.18. The third kappa shape index (κ3) is 2.82. The Hall–Kier alpha value is -1.40. The van der Waals surface area contributed by atoms with Crippen molar-refractivity contribution in [3.63, 3.8) is 0 Å². The molecule has 2 nitrogen and oxygen atoms in total. The fourth-order valence-electron chi connectivity index (χ4n) is 1.41. The number of nitrogens with one attached hydrogen (secondary N) is 1. The minimum atomic E-state index is -0.236. The van der Waals surface area contributed by atoms with Crippen molar-refractivity contribution in [2.45, 2.75) is 18.9 Å². The van der Waals surface area contributed by atoms with Gasteiger partial charge in [-0.2, -0.15) is 5.26 Å². The molecule has 0 aliphatic carbocycles. The molecule has 1 aromatic carbocycles.